The van der Waals surface area contributed by atoms with Gasteiger partial charge in [-0.3, -0.25) is 0 Å². The van der Waals surface area contributed by atoms with Gasteiger partial charge in [0.25, 0.3) is 0 Å². The third-order valence-electron chi connectivity index (χ3n) is 2.60. The zero-order valence-electron chi connectivity index (χ0n) is 10.3. The SMILES string of the molecule is C#CCCC=CCCCCCCCCC. The Hall–Kier alpha value is -0.700. The van der Waals surface area contributed by atoms with Crippen molar-refractivity contribution in [1.82, 2.24) is 0 Å². The molecule has 0 atom stereocenters. The Bertz CT molecular complexity index is 171. The van der Waals surface area contributed by atoms with E-state index in [1.54, 1.807) is 0 Å². The van der Waals surface area contributed by atoms with Crippen molar-refractivity contribution in [2.45, 2.75) is 71.1 Å². The lowest BCUT2D eigenvalue weighted by Gasteiger charge is -1.98. The van der Waals surface area contributed by atoms with E-state index in [4.69, 9.17) is 6.42 Å². The summed E-state index contributed by atoms with van der Waals surface area (Å²) in [6.07, 6.45) is 22.6. The monoisotopic (exact) mass is 206 g/mol. The van der Waals surface area contributed by atoms with Crippen molar-refractivity contribution < 1.29 is 0 Å². The number of allylic oxidation sites excluding steroid dienone is 2. The van der Waals surface area contributed by atoms with Crippen LogP contribution in [0.15, 0.2) is 12.2 Å². The zero-order chi connectivity index (χ0) is 11.2. The molecule has 0 nitrogen and oxygen atoms in total. The third kappa shape index (κ3) is 13.3. The van der Waals surface area contributed by atoms with Crippen LogP contribution in [0.3, 0.4) is 0 Å². The molecule has 0 heteroatoms. The summed E-state index contributed by atoms with van der Waals surface area (Å²) >= 11 is 0. The van der Waals surface area contributed by atoms with E-state index < -0.39 is 0 Å². The van der Waals surface area contributed by atoms with Crippen LogP contribution >= 0.6 is 0 Å². The molecule has 0 saturated heterocycles. The predicted octanol–water partition coefficient (Wildman–Crippen LogP) is 5.10. The van der Waals surface area contributed by atoms with Crippen LogP contribution in [0.25, 0.3) is 0 Å². The van der Waals surface area contributed by atoms with Gasteiger partial charge in [-0.25, -0.2) is 0 Å². The topological polar surface area (TPSA) is 0 Å². The van der Waals surface area contributed by atoms with Crippen molar-refractivity contribution in [2.24, 2.45) is 0 Å². The average molecular weight is 206 g/mol. The summed E-state index contributed by atoms with van der Waals surface area (Å²) in [6, 6.07) is 0. The fourth-order valence-electron chi connectivity index (χ4n) is 1.62. The molecule has 0 unspecified atom stereocenters. The first-order chi connectivity index (χ1) is 7.41. The first kappa shape index (κ1) is 14.3. The molecule has 0 aliphatic heterocycles. The molecule has 0 fully saturated rings. The number of rotatable bonds is 10. The van der Waals surface area contributed by atoms with E-state index in [-0.39, 0.29) is 0 Å². The molecular formula is C15H26. The Labute approximate surface area is 96.2 Å². The Morgan fingerprint density at radius 2 is 1.47 bits per heavy atom. The van der Waals surface area contributed by atoms with Crippen LogP contribution in [-0.4, -0.2) is 0 Å². The van der Waals surface area contributed by atoms with E-state index in [9.17, 15) is 0 Å². The molecule has 0 heterocycles. The fourth-order valence-corrected chi connectivity index (χ4v) is 1.62. The van der Waals surface area contributed by atoms with Gasteiger partial charge in [-0.2, -0.15) is 0 Å². The van der Waals surface area contributed by atoms with Crippen LogP contribution in [-0.2, 0) is 0 Å². The van der Waals surface area contributed by atoms with E-state index in [1.807, 2.05) is 0 Å². The second-order valence-electron chi connectivity index (χ2n) is 4.12. The van der Waals surface area contributed by atoms with Gasteiger partial charge in [0.2, 0.25) is 0 Å². The highest BCUT2D eigenvalue weighted by atomic mass is 13.9. The highest BCUT2D eigenvalue weighted by Gasteiger charge is 1.88. The Morgan fingerprint density at radius 3 is 2.13 bits per heavy atom. The molecule has 0 amide bonds. The Morgan fingerprint density at radius 1 is 0.867 bits per heavy atom. The van der Waals surface area contributed by atoms with Gasteiger partial charge < -0.3 is 0 Å². The molecule has 86 valence electrons. The fraction of sp³-hybridized carbons (Fsp3) is 0.733. The normalized spacial score (nSPS) is 10.7. The summed E-state index contributed by atoms with van der Waals surface area (Å²) in [6.45, 7) is 2.26. The maximum Gasteiger partial charge on any atom is 0.0121 e. The van der Waals surface area contributed by atoms with E-state index >= 15 is 0 Å². The summed E-state index contributed by atoms with van der Waals surface area (Å²) in [7, 11) is 0. The lowest BCUT2D eigenvalue weighted by atomic mass is 10.1. The van der Waals surface area contributed by atoms with Crippen molar-refractivity contribution in [3.8, 4) is 12.3 Å². The third-order valence-corrected chi connectivity index (χ3v) is 2.60. The number of unbranched alkanes of at least 4 members (excludes halogenated alkanes) is 8. The van der Waals surface area contributed by atoms with E-state index in [0.29, 0.717) is 0 Å². The average Bonchev–Trinajstić information content (AvgIpc) is 2.26. The lowest BCUT2D eigenvalue weighted by molar-refractivity contribution is 0.592. The zero-order valence-corrected chi connectivity index (χ0v) is 10.3. The maximum absolute atomic E-state index is 5.16. The molecule has 0 bridgehead atoms. The van der Waals surface area contributed by atoms with Crippen molar-refractivity contribution in [3.05, 3.63) is 12.2 Å². The highest BCUT2D eigenvalue weighted by molar-refractivity contribution is 4.90. The van der Waals surface area contributed by atoms with Gasteiger partial charge in [-0.1, -0.05) is 57.6 Å². The molecule has 0 aliphatic carbocycles. The van der Waals surface area contributed by atoms with Gasteiger partial charge in [-0.15, -0.1) is 12.3 Å². The van der Waals surface area contributed by atoms with Gasteiger partial charge in [-0.05, 0) is 19.3 Å². The van der Waals surface area contributed by atoms with Crippen LogP contribution in [0.2, 0.25) is 0 Å². The summed E-state index contributed by atoms with van der Waals surface area (Å²) in [5, 5.41) is 0. The van der Waals surface area contributed by atoms with Crippen molar-refractivity contribution >= 4 is 0 Å². The minimum absolute atomic E-state index is 0.882. The molecule has 0 spiro atoms. The molecule has 0 N–H and O–H groups in total. The van der Waals surface area contributed by atoms with Crippen molar-refractivity contribution in [3.63, 3.8) is 0 Å². The predicted molar refractivity (Wildman–Crippen MR) is 69.8 cm³/mol. The highest BCUT2D eigenvalue weighted by Crippen LogP contribution is 2.08. The van der Waals surface area contributed by atoms with Crippen LogP contribution < -0.4 is 0 Å². The van der Waals surface area contributed by atoms with Crippen LogP contribution in [0.4, 0.5) is 0 Å². The van der Waals surface area contributed by atoms with E-state index in [0.717, 1.165) is 12.8 Å². The summed E-state index contributed by atoms with van der Waals surface area (Å²) in [5.74, 6) is 2.65. The number of terminal acetylenes is 1. The van der Waals surface area contributed by atoms with Gasteiger partial charge >= 0.3 is 0 Å². The molecule has 0 aromatic carbocycles. The van der Waals surface area contributed by atoms with Gasteiger partial charge in [0, 0.05) is 6.42 Å². The summed E-state index contributed by atoms with van der Waals surface area (Å²) < 4.78 is 0. The first-order valence-corrected chi connectivity index (χ1v) is 6.50. The second-order valence-corrected chi connectivity index (χ2v) is 4.12. The second kappa shape index (κ2) is 13.3. The Kier molecular flexibility index (Phi) is 12.7. The largest absolute Gasteiger partial charge is 0.120 e. The van der Waals surface area contributed by atoms with Crippen LogP contribution in [0, 0.1) is 12.3 Å². The minimum atomic E-state index is 0.882. The summed E-state index contributed by atoms with van der Waals surface area (Å²) in [5.41, 5.74) is 0. The van der Waals surface area contributed by atoms with Crippen molar-refractivity contribution in [1.29, 1.82) is 0 Å². The number of hydrogen-bond donors (Lipinski definition) is 0. The molecule has 15 heavy (non-hydrogen) atoms. The van der Waals surface area contributed by atoms with Crippen LogP contribution in [0.1, 0.15) is 71.1 Å². The minimum Gasteiger partial charge on any atom is -0.120 e. The molecule has 0 saturated carbocycles. The quantitative estimate of drug-likeness (QED) is 0.265. The lowest BCUT2D eigenvalue weighted by Crippen LogP contribution is -1.78. The maximum atomic E-state index is 5.16. The molecule has 0 aromatic rings. The Balaban J connectivity index is 2.98. The van der Waals surface area contributed by atoms with E-state index in [1.165, 1.54) is 51.4 Å². The molecule has 0 rings (SSSR count). The molecule has 0 radical (unpaired) electrons. The first-order valence-electron chi connectivity index (χ1n) is 6.50. The smallest absolute Gasteiger partial charge is 0.0121 e. The van der Waals surface area contributed by atoms with Gasteiger partial charge in [0.15, 0.2) is 0 Å². The molecule has 0 aromatic heterocycles. The van der Waals surface area contributed by atoms with Crippen LogP contribution in [0.5, 0.6) is 0 Å². The molecular weight excluding hydrogens is 180 g/mol. The van der Waals surface area contributed by atoms with Crippen molar-refractivity contribution in [2.75, 3.05) is 0 Å². The van der Waals surface area contributed by atoms with Gasteiger partial charge in [0.1, 0.15) is 0 Å². The molecule has 0 aliphatic rings. The van der Waals surface area contributed by atoms with Gasteiger partial charge in [0.05, 0.1) is 0 Å². The standard InChI is InChI=1S/C15H26/c1-3-5-7-9-11-13-15-14-12-10-8-6-4-2/h1,9,11H,4-8,10,12-15H2,2H3. The summed E-state index contributed by atoms with van der Waals surface area (Å²) in [4.78, 5) is 0. The van der Waals surface area contributed by atoms with E-state index in [2.05, 4.69) is 25.0 Å². The number of hydrogen-bond acceptors (Lipinski definition) is 0.